The molecule has 7 heteroatoms. The summed E-state index contributed by atoms with van der Waals surface area (Å²) in [7, 11) is 1.74. The predicted octanol–water partition coefficient (Wildman–Crippen LogP) is 2.60. The SMILES string of the molecule is Cc1cc(C(=O)c2c[nH]c3nccc(-c4cccc(C(N)=O)c4)c23)n(C)n1. The van der Waals surface area contributed by atoms with Crippen molar-refractivity contribution in [1.82, 2.24) is 19.7 Å². The van der Waals surface area contributed by atoms with Crippen LogP contribution in [0, 0.1) is 6.92 Å². The van der Waals surface area contributed by atoms with Crippen molar-refractivity contribution in [3.8, 4) is 11.1 Å². The first-order valence-electron chi connectivity index (χ1n) is 8.37. The van der Waals surface area contributed by atoms with Crippen LogP contribution in [0.15, 0.2) is 48.8 Å². The van der Waals surface area contributed by atoms with Gasteiger partial charge in [-0.3, -0.25) is 14.3 Å². The van der Waals surface area contributed by atoms with E-state index in [0.717, 1.165) is 16.8 Å². The molecule has 0 spiro atoms. The fourth-order valence-corrected chi connectivity index (χ4v) is 3.28. The summed E-state index contributed by atoms with van der Waals surface area (Å²) in [5.41, 5.74) is 9.76. The molecule has 134 valence electrons. The van der Waals surface area contributed by atoms with Crippen LogP contribution in [0.3, 0.4) is 0 Å². The molecule has 0 aliphatic heterocycles. The van der Waals surface area contributed by atoms with Gasteiger partial charge in [-0.15, -0.1) is 0 Å². The van der Waals surface area contributed by atoms with E-state index in [0.29, 0.717) is 27.9 Å². The number of rotatable bonds is 4. The van der Waals surface area contributed by atoms with Crippen molar-refractivity contribution in [1.29, 1.82) is 0 Å². The van der Waals surface area contributed by atoms with Crippen molar-refractivity contribution in [2.24, 2.45) is 12.8 Å². The maximum atomic E-state index is 13.1. The molecule has 27 heavy (non-hydrogen) atoms. The molecular formula is C20H17N5O2. The molecule has 3 N–H and O–H groups in total. The lowest BCUT2D eigenvalue weighted by Crippen LogP contribution is -2.10. The summed E-state index contributed by atoms with van der Waals surface area (Å²) < 4.78 is 1.57. The van der Waals surface area contributed by atoms with Crippen molar-refractivity contribution in [2.45, 2.75) is 6.92 Å². The third-order valence-electron chi connectivity index (χ3n) is 4.51. The monoisotopic (exact) mass is 359 g/mol. The molecule has 0 saturated carbocycles. The first-order chi connectivity index (χ1) is 13.0. The Morgan fingerprint density at radius 1 is 1.19 bits per heavy atom. The van der Waals surface area contributed by atoms with Gasteiger partial charge >= 0.3 is 0 Å². The van der Waals surface area contributed by atoms with Crippen molar-refractivity contribution in [3.63, 3.8) is 0 Å². The van der Waals surface area contributed by atoms with Gasteiger partial charge in [0.2, 0.25) is 11.7 Å². The number of pyridine rings is 1. The number of carbonyl (C=O) groups excluding carboxylic acids is 2. The number of ketones is 1. The first-order valence-corrected chi connectivity index (χ1v) is 8.37. The molecule has 0 radical (unpaired) electrons. The van der Waals surface area contributed by atoms with Crippen LogP contribution in [0.1, 0.15) is 32.1 Å². The highest BCUT2D eigenvalue weighted by Crippen LogP contribution is 2.31. The molecule has 4 aromatic rings. The molecule has 3 heterocycles. The number of nitrogens with one attached hydrogen (secondary N) is 1. The van der Waals surface area contributed by atoms with Crippen LogP contribution in [-0.2, 0) is 7.05 Å². The topological polar surface area (TPSA) is 107 Å². The summed E-state index contributed by atoms with van der Waals surface area (Å²) in [4.78, 5) is 32.1. The Morgan fingerprint density at radius 2 is 2.00 bits per heavy atom. The van der Waals surface area contributed by atoms with E-state index in [2.05, 4.69) is 15.1 Å². The fourth-order valence-electron chi connectivity index (χ4n) is 3.28. The normalized spacial score (nSPS) is 11.0. The van der Waals surface area contributed by atoms with E-state index in [9.17, 15) is 9.59 Å². The van der Waals surface area contributed by atoms with Gasteiger partial charge in [-0.25, -0.2) is 4.98 Å². The second kappa shape index (κ2) is 6.21. The number of nitrogens with zero attached hydrogens (tertiary/aromatic N) is 3. The van der Waals surface area contributed by atoms with Crippen LogP contribution >= 0.6 is 0 Å². The number of hydrogen-bond donors (Lipinski definition) is 2. The van der Waals surface area contributed by atoms with Crippen LogP contribution in [0.4, 0.5) is 0 Å². The summed E-state index contributed by atoms with van der Waals surface area (Å²) >= 11 is 0. The number of amides is 1. The number of benzene rings is 1. The lowest BCUT2D eigenvalue weighted by atomic mass is 9.97. The zero-order valence-corrected chi connectivity index (χ0v) is 14.9. The highest BCUT2D eigenvalue weighted by Gasteiger charge is 2.21. The number of aryl methyl sites for hydroxylation is 2. The molecule has 0 aliphatic carbocycles. The van der Waals surface area contributed by atoms with Crippen LogP contribution in [0.2, 0.25) is 0 Å². The smallest absolute Gasteiger partial charge is 0.248 e. The minimum absolute atomic E-state index is 0.148. The van der Waals surface area contributed by atoms with Crippen LogP contribution in [0.25, 0.3) is 22.2 Å². The number of nitrogens with two attached hydrogens (primary N) is 1. The maximum absolute atomic E-state index is 13.1. The molecule has 1 amide bonds. The molecule has 0 fully saturated rings. The molecule has 7 nitrogen and oxygen atoms in total. The molecule has 0 atom stereocenters. The number of H-pyrrole nitrogens is 1. The molecule has 0 unspecified atom stereocenters. The minimum Gasteiger partial charge on any atom is -0.366 e. The maximum Gasteiger partial charge on any atom is 0.248 e. The third kappa shape index (κ3) is 2.79. The van der Waals surface area contributed by atoms with Gasteiger partial charge in [-0.05, 0) is 42.3 Å². The van der Waals surface area contributed by atoms with Gasteiger partial charge in [0.25, 0.3) is 0 Å². The van der Waals surface area contributed by atoms with Crippen molar-refractivity contribution < 1.29 is 9.59 Å². The Hall–Kier alpha value is -3.74. The van der Waals surface area contributed by atoms with Gasteiger partial charge in [0.15, 0.2) is 0 Å². The molecule has 0 bridgehead atoms. The average Bonchev–Trinajstić information content (AvgIpc) is 3.24. The third-order valence-corrected chi connectivity index (χ3v) is 4.51. The van der Waals surface area contributed by atoms with Crippen molar-refractivity contribution in [3.05, 3.63) is 71.3 Å². The van der Waals surface area contributed by atoms with Crippen molar-refractivity contribution in [2.75, 3.05) is 0 Å². The predicted molar refractivity (Wildman–Crippen MR) is 101 cm³/mol. The fraction of sp³-hybridized carbons (Fsp3) is 0.100. The number of aromatic amines is 1. The Bertz CT molecular complexity index is 1200. The average molecular weight is 359 g/mol. The Balaban J connectivity index is 1.93. The van der Waals surface area contributed by atoms with Gasteiger partial charge in [0.05, 0.1) is 11.3 Å². The number of hydrogen-bond acceptors (Lipinski definition) is 4. The number of fused-ring (bicyclic) bond motifs is 1. The lowest BCUT2D eigenvalue weighted by Gasteiger charge is -2.07. The van der Waals surface area contributed by atoms with E-state index in [1.54, 1.807) is 48.4 Å². The number of carbonyl (C=O) groups is 2. The minimum atomic E-state index is -0.502. The summed E-state index contributed by atoms with van der Waals surface area (Å²) in [6.45, 7) is 1.84. The largest absolute Gasteiger partial charge is 0.366 e. The quantitative estimate of drug-likeness (QED) is 0.546. The van der Waals surface area contributed by atoms with Gasteiger partial charge in [0, 0.05) is 30.4 Å². The Kier molecular flexibility index (Phi) is 3.84. The molecular weight excluding hydrogens is 342 g/mol. The van der Waals surface area contributed by atoms with E-state index in [-0.39, 0.29) is 5.78 Å². The van der Waals surface area contributed by atoms with Gasteiger partial charge in [-0.1, -0.05) is 12.1 Å². The summed E-state index contributed by atoms with van der Waals surface area (Å²) in [5.74, 6) is -0.650. The van der Waals surface area contributed by atoms with Crippen LogP contribution in [0.5, 0.6) is 0 Å². The Labute approximate surface area is 154 Å². The zero-order chi connectivity index (χ0) is 19.1. The summed E-state index contributed by atoms with van der Waals surface area (Å²) in [6.07, 6.45) is 3.32. The van der Waals surface area contributed by atoms with E-state index in [1.165, 1.54) is 0 Å². The van der Waals surface area contributed by atoms with Crippen LogP contribution in [-0.4, -0.2) is 31.4 Å². The lowest BCUT2D eigenvalue weighted by molar-refractivity contribution is 0.0998. The zero-order valence-electron chi connectivity index (χ0n) is 14.9. The van der Waals surface area contributed by atoms with Crippen LogP contribution < -0.4 is 5.73 Å². The molecule has 3 aromatic heterocycles. The number of primary amides is 1. The standard InChI is InChI=1S/C20H17N5O2/c1-11-8-16(25(2)24-11)18(26)15-10-23-20-17(15)14(6-7-22-20)12-4-3-5-13(9-12)19(21)27/h3-10H,1-2H3,(H2,21,27)(H,22,23). The van der Waals surface area contributed by atoms with E-state index in [1.807, 2.05) is 19.1 Å². The van der Waals surface area contributed by atoms with E-state index < -0.39 is 5.91 Å². The van der Waals surface area contributed by atoms with Gasteiger partial charge < -0.3 is 10.7 Å². The molecule has 1 aromatic carbocycles. The van der Waals surface area contributed by atoms with E-state index >= 15 is 0 Å². The van der Waals surface area contributed by atoms with Gasteiger partial charge in [-0.2, -0.15) is 5.10 Å². The number of aromatic nitrogens is 4. The molecule has 0 aliphatic rings. The van der Waals surface area contributed by atoms with E-state index in [4.69, 9.17) is 5.73 Å². The summed E-state index contributed by atoms with van der Waals surface area (Å²) in [5, 5.41) is 4.95. The molecule has 4 rings (SSSR count). The summed E-state index contributed by atoms with van der Waals surface area (Å²) in [6, 6.07) is 10.6. The van der Waals surface area contributed by atoms with Gasteiger partial charge in [0.1, 0.15) is 11.3 Å². The highest BCUT2D eigenvalue weighted by atomic mass is 16.1. The Morgan fingerprint density at radius 3 is 2.70 bits per heavy atom. The van der Waals surface area contributed by atoms with Crippen molar-refractivity contribution >= 4 is 22.7 Å². The highest BCUT2D eigenvalue weighted by molar-refractivity contribution is 6.18. The second-order valence-electron chi connectivity index (χ2n) is 6.35. The second-order valence-corrected chi connectivity index (χ2v) is 6.35. The first kappa shape index (κ1) is 16.7. The molecule has 0 saturated heterocycles.